The van der Waals surface area contributed by atoms with Crippen LogP contribution in [0.25, 0.3) is 23.1 Å². The quantitative estimate of drug-likeness (QED) is 0.581. The number of pyridine rings is 1. The summed E-state index contributed by atoms with van der Waals surface area (Å²) in [5.41, 5.74) is 4.41. The highest BCUT2D eigenvalue weighted by atomic mass is 19.1. The van der Waals surface area contributed by atoms with Crippen molar-refractivity contribution in [3.8, 4) is 0 Å². The second kappa shape index (κ2) is 6.69. The maximum atomic E-state index is 13.9. The molecule has 0 unspecified atom stereocenters. The molecule has 2 heterocycles. The van der Waals surface area contributed by atoms with E-state index in [0.717, 1.165) is 27.9 Å². The number of hydrogen-bond acceptors (Lipinski definition) is 2. The predicted molar refractivity (Wildman–Crippen MR) is 98.5 cm³/mol. The fraction of sp³-hybridized carbons (Fsp3) is 0.0476. The van der Waals surface area contributed by atoms with Gasteiger partial charge in [0, 0.05) is 18.0 Å². The predicted octanol–water partition coefficient (Wildman–Crippen LogP) is 4.86. The van der Waals surface area contributed by atoms with Crippen LogP contribution in [0.2, 0.25) is 0 Å². The molecule has 2 aromatic carbocycles. The molecule has 0 amide bonds. The zero-order valence-electron chi connectivity index (χ0n) is 13.5. The van der Waals surface area contributed by atoms with Gasteiger partial charge in [0.2, 0.25) is 0 Å². The molecule has 0 aliphatic rings. The molecular formula is C21H16FN3. The monoisotopic (exact) mass is 329 g/mol. The molecule has 122 valence electrons. The van der Waals surface area contributed by atoms with Crippen molar-refractivity contribution < 1.29 is 4.39 Å². The lowest BCUT2D eigenvalue weighted by Crippen LogP contribution is -1.92. The first kappa shape index (κ1) is 15.3. The lowest BCUT2D eigenvalue weighted by Gasteiger charge is -2.04. The van der Waals surface area contributed by atoms with Crippen LogP contribution in [0.1, 0.15) is 22.5 Å². The molecule has 3 nitrogen and oxygen atoms in total. The van der Waals surface area contributed by atoms with Crippen LogP contribution in [-0.2, 0) is 6.42 Å². The van der Waals surface area contributed by atoms with Crippen LogP contribution in [-0.4, -0.2) is 15.2 Å². The normalized spacial score (nSPS) is 11.4. The standard InChI is InChI=1S/C21H16FN3/c22-19-7-2-1-5-16(19)13-15-8-10-20-18(14-15)21(25-24-20)11-9-17-6-3-4-12-23-17/h1-12,14H,13H2,(H,24,25). The van der Waals surface area contributed by atoms with Gasteiger partial charge in [-0.05, 0) is 53.6 Å². The molecule has 1 N–H and O–H groups in total. The summed E-state index contributed by atoms with van der Waals surface area (Å²) in [7, 11) is 0. The fourth-order valence-corrected chi connectivity index (χ4v) is 2.82. The molecule has 4 aromatic rings. The number of halogens is 1. The minimum atomic E-state index is -0.176. The summed E-state index contributed by atoms with van der Waals surface area (Å²) in [6.07, 6.45) is 6.18. The Balaban J connectivity index is 1.66. The van der Waals surface area contributed by atoms with Gasteiger partial charge in [-0.2, -0.15) is 5.10 Å². The SMILES string of the molecule is Fc1ccccc1Cc1ccc2[nH]nc(C=Cc3ccccn3)c2c1. The number of aromatic nitrogens is 3. The van der Waals surface area contributed by atoms with E-state index >= 15 is 0 Å². The molecule has 0 atom stereocenters. The van der Waals surface area contributed by atoms with E-state index in [9.17, 15) is 4.39 Å². The zero-order chi connectivity index (χ0) is 17.1. The second-order valence-electron chi connectivity index (χ2n) is 5.84. The Bertz CT molecular complexity index is 1040. The van der Waals surface area contributed by atoms with E-state index in [4.69, 9.17) is 0 Å². The van der Waals surface area contributed by atoms with Gasteiger partial charge in [0.15, 0.2) is 0 Å². The Morgan fingerprint density at radius 3 is 2.68 bits per heavy atom. The minimum Gasteiger partial charge on any atom is -0.277 e. The van der Waals surface area contributed by atoms with Gasteiger partial charge in [0.05, 0.1) is 16.9 Å². The molecule has 0 radical (unpaired) electrons. The highest BCUT2D eigenvalue weighted by Gasteiger charge is 2.07. The summed E-state index contributed by atoms with van der Waals surface area (Å²) >= 11 is 0. The number of nitrogens with zero attached hydrogens (tertiary/aromatic N) is 2. The third-order valence-electron chi connectivity index (χ3n) is 4.11. The molecular weight excluding hydrogens is 313 g/mol. The van der Waals surface area contributed by atoms with Crippen molar-refractivity contribution in [2.75, 3.05) is 0 Å². The first-order valence-corrected chi connectivity index (χ1v) is 8.09. The van der Waals surface area contributed by atoms with E-state index in [0.29, 0.717) is 12.0 Å². The van der Waals surface area contributed by atoms with Gasteiger partial charge < -0.3 is 0 Å². The van der Waals surface area contributed by atoms with E-state index < -0.39 is 0 Å². The average molecular weight is 329 g/mol. The Morgan fingerprint density at radius 2 is 1.84 bits per heavy atom. The smallest absolute Gasteiger partial charge is 0.126 e. The van der Waals surface area contributed by atoms with Crippen molar-refractivity contribution in [2.24, 2.45) is 0 Å². The molecule has 2 aromatic heterocycles. The third-order valence-corrected chi connectivity index (χ3v) is 4.11. The van der Waals surface area contributed by atoms with E-state index in [-0.39, 0.29) is 5.82 Å². The first-order valence-electron chi connectivity index (χ1n) is 8.09. The largest absolute Gasteiger partial charge is 0.277 e. The van der Waals surface area contributed by atoms with Crippen LogP contribution in [0.5, 0.6) is 0 Å². The van der Waals surface area contributed by atoms with Crippen LogP contribution in [0.4, 0.5) is 4.39 Å². The molecule has 0 saturated carbocycles. The first-order chi connectivity index (χ1) is 12.3. The van der Waals surface area contributed by atoms with Gasteiger partial charge in [-0.3, -0.25) is 10.1 Å². The minimum absolute atomic E-state index is 0.176. The van der Waals surface area contributed by atoms with Crippen LogP contribution in [0.15, 0.2) is 66.9 Å². The number of nitrogens with one attached hydrogen (secondary N) is 1. The number of fused-ring (bicyclic) bond motifs is 1. The summed E-state index contributed by atoms with van der Waals surface area (Å²) in [6.45, 7) is 0. The molecule has 0 aliphatic carbocycles. The van der Waals surface area contributed by atoms with Crippen LogP contribution < -0.4 is 0 Å². The number of benzene rings is 2. The van der Waals surface area contributed by atoms with Gasteiger partial charge >= 0.3 is 0 Å². The molecule has 0 saturated heterocycles. The van der Waals surface area contributed by atoms with Crippen molar-refractivity contribution in [1.29, 1.82) is 0 Å². The Labute approximate surface area is 144 Å². The molecule has 0 fully saturated rings. The summed E-state index contributed by atoms with van der Waals surface area (Å²) in [4.78, 5) is 4.27. The molecule has 0 bridgehead atoms. The van der Waals surface area contributed by atoms with E-state index in [2.05, 4.69) is 21.2 Å². The van der Waals surface area contributed by atoms with Crippen molar-refractivity contribution >= 4 is 23.1 Å². The average Bonchev–Trinajstić information content (AvgIpc) is 3.05. The Kier molecular flexibility index (Phi) is 4.09. The van der Waals surface area contributed by atoms with Crippen LogP contribution >= 0.6 is 0 Å². The molecule has 4 heteroatoms. The fourth-order valence-electron chi connectivity index (χ4n) is 2.82. The maximum absolute atomic E-state index is 13.9. The summed E-state index contributed by atoms with van der Waals surface area (Å²) in [5.74, 6) is -0.176. The van der Waals surface area contributed by atoms with E-state index in [1.165, 1.54) is 6.07 Å². The van der Waals surface area contributed by atoms with Crippen molar-refractivity contribution in [1.82, 2.24) is 15.2 Å². The van der Waals surface area contributed by atoms with Gasteiger partial charge in [-0.15, -0.1) is 0 Å². The number of hydrogen-bond donors (Lipinski definition) is 1. The lowest BCUT2D eigenvalue weighted by molar-refractivity contribution is 0.614. The van der Waals surface area contributed by atoms with Crippen molar-refractivity contribution in [3.05, 3.63) is 95.2 Å². The van der Waals surface area contributed by atoms with Crippen LogP contribution in [0.3, 0.4) is 0 Å². The maximum Gasteiger partial charge on any atom is 0.126 e. The molecule has 0 aliphatic heterocycles. The topological polar surface area (TPSA) is 41.6 Å². The van der Waals surface area contributed by atoms with Gasteiger partial charge in [0.25, 0.3) is 0 Å². The summed E-state index contributed by atoms with van der Waals surface area (Å²) < 4.78 is 13.9. The highest BCUT2D eigenvalue weighted by molar-refractivity contribution is 5.89. The molecule has 4 rings (SSSR count). The number of aromatic amines is 1. The van der Waals surface area contributed by atoms with Crippen molar-refractivity contribution in [3.63, 3.8) is 0 Å². The second-order valence-corrected chi connectivity index (χ2v) is 5.84. The zero-order valence-corrected chi connectivity index (χ0v) is 13.5. The third kappa shape index (κ3) is 3.33. The summed E-state index contributed by atoms with van der Waals surface area (Å²) in [5, 5.41) is 8.41. The van der Waals surface area contributed by atoms with Crippen LogP contribution in [0, 0.1) is 5.82 Å². The van der Waals surface area contributed by atoms with Gasteiger partial charge in [0.1, 0.15) is 5.82 Å². The molecule has 25 heavy (non-hydrogen) atoms. The summed E-state index contributed by atoms with van der Waals surface area (Å²) in [6, 6.07) is 18.7. The van der Waals surface area contributed by atoms with E-state index in [1.54, 1.807) is 12.3 Å². The Hall–Kier alpha value is -3.27. The lowest BCUT2D eigenvalue weighted by atomic mass is 10.0. The highest BCUT2D eigenvalue weighted by Crippen LogP contribution is 2.22. The number of rotatable bonds is 4. The van der Waals surface area contributed by atoms with E-state index in [1.807, 2.05) is 54.6 Å². The number of H-pyrrole nitrogens is 1. The van der Waals surface area contributed by atoms with Crippen molar-refractivity contribution in [2.45, 2.75) is 6.42 Å². The molecule has 0 spiro atoms. The van der Waals surface area contributed by atoms with Gasteiger partial charge in [-0.25, -0.2) is 4.39 Å². The Morgan fingerprint density at radius 1 is 0.960 bits per heavy atom. The van der Waals surface area contributed by atoms with Gasteiger partial charge in [-0.1, -0.05) is 30.3 Å².